The Bertz CT molecular complexity index is 949. The minimum Gasteiger partial charge on any atom is -0.486 e. The van der Waals surface area contributed by atoms with E-state index < -0.39 is 11.8 Å². The number of hydrogen-bond acceptors (Lipinski definition) is 4. The first kappa shape index (κ1) is 19.8. The lowest BCUT2D eigenvalue weighted by molar-refractivity contribution is -0.123. The van der Waals surface area contributed by atoms with E-state index in [0.29, 0.717) is 25.8 Å². The molecule has 1 aliphatic rings. The number of nitrogens with one attached hydrogen (secondary N) is 2. The highest BCUT2D eigenvalue weighted by Gasteiger charge is 2.25. The lowest BCUT2D eigenvalue weighted by Gasteiger charge is -2.16. The molecule has 0 radical (unpaired) electrons. The summed E-state index contributed by atoms with van der Waals surface area (Å²) in [4.78, 5) is 23.9. The van der Waals surface area contributed by atoms with Gasteiger partial charge in [-0.25, -0.2) is 0 Å². The molecule has 27 heavy (non-hydrogen) atoms. The molecular formula is C18H11BrCl2N2O3S. The Kier molecular flexibility index (Phi) is 6.16. The topological polar surface area (TPSA) is 67.4 Å². The molecule has 138 valence electrons. The summed E-state index contributed by atoms with van der Waals surface area (Å²) in [6.07, 6.45) is 1.42. The fourth-order valence-corrected chi connectivity index (χ4v) is 3.70. The third kappa shape index (κ3) is 4.68. The van der Waals surface area contributed by atoms with Crippen LogP contribution in [0.3, 0.4) is 0 Å². The maximum atomic E-state index is 11.9. The van der Waals surface area contributed by atoms with Crippen molar-refractivity contribution in [3.05, 3.63) is 67.6 Å². The number of carbonyl (C=O) groups excluding carboxylic acids is 2. The van der Waals surface area contributed by atoms with Gasteiger partial charge < -0.3 is 4.74 Å². The SMILES string of the molecule is O=C1NC(=S)NC(=O)C1=Cc1cc(Cl)c(OCc2ccccc2Cl)c(Br)c1. The molecule has 0 unspecified atom stereocenters. The number of hydrogen-bond donors (Lipinski definition) is 2. The van der Waals surface area contributed by atoms with E-state index in [-0.39, 0.29) is 17.3 Å². The van der Waals surface area contributed by atoms with Gasteiger partial charge in [0.25, 0.3) is 11.8 Å². The van der Waals surface area contributed by atoms with Crippen molar-refractivity contribution in [2.45, 2.75) is 6.61 Å². The molecule has 1 saturated heterocycles. The molecule has 2 N–H and O–H groups in total. The van der Waals surface area contributed by atoms with E-state index in [0.717, 1.165) is 5.56 Å². The van der Waals surface area contributed by atoms with Gasteiger partial charge in [-0.2, -0.15) is 0 Å². The fraction of sp³-hybridized carbons (Fsp3) is 0.0556. The van der Waals surface area contributed by atoms with Gasteiger partial charge in [0.05, 0.1) is 9.50 Å². The number of thiocarbonyl (C=S) groups is 1. The maximum Gasteiger partial charge on any atom is 0.263 e. The van der Waals surface area contributed by atoms with Crippen molar-refractivity contribution in [3.8, 4) is 5.75 Å². The standard InChI is InChI=1S/C18H11BrCl2N2O3S/c19-12-6-9(5-11-16(24)22-18(27)23-17(11)25)7-14(21)15(12)26-8-10-3-1-2-4-13(10)20/h1-7H,8H2,(H2,22,23,24,25,27). The van der Waals surface area contributed by atoms with E-state index >= 15 is 0 Å². The summed E-state index contributed by atoms with van der Waals surface area (Å²) < 4.78 is 6.35. The van der Waals surface area contributed by atoms with E-state index in [4.69, 9.17) is 40.2 Å². The molecule has 5 nitrogen and oxygen atoms in total. The average Bonchev–Trinajstić information content (AvgIpc) is 2.59. The number of rotatable bonds is 4. The van der Waals surface area contributed by atoms with Gasteiger partial charge in [-0.05, 0) is 58.0 Å². The number of benzene rings is 2. The molecule has 1 heterocycles. The largest absolute Gasteiger partial charge is 0.486 e. The van der Waals surface area contributed by atoms with Gasteiger partial charge in [0.15, 0.2) is 10.9 Å². The van der Waals surface area contributed by atoms with Crippen molar-refractivity contribution < 1.29 is 14.3 Å². The van der Waals surface area contributed by atoms with E-state index in [1.165, 1.54) is 6.08 Å². The maximum absolute atomic E-state index is 11.9. The van der Waals surface area contributed by atoms with E-state index in [1.807, 2.05) is 18.2 Å². The highest BCUT2D eigenvalue weighted by atomic mass is 79.9. The summed E-state index contributed by atoms with van der Waals surface area (Å²) >= 11 is 20.6. The van der Waals surface area contributed by atoms with Crippen LogP contribution in [0.25, 0.3) is 6.08 Å². The highest BCUT2D eigenvalue weighted by Crippen LogP contribution is 2.36. The molecule has 3 rings (SSSR count). The first-order chi connectivity index (χ1) is 12.8. The Hall–Kier alpha value is -1.93. The summed E-state index contributed by atoms with van der Waals surface area (Å²) in [5, 5.41) is 5.64. The second-order valence-corrected chi connectivity index (χ2v) is 7.57. The molecule has 0 saturated carbocycles. The minimum absolute atomic E-state index is 0.0234. The van der Waals surface area contributed by atoms with Crippen LogP contribution in [0.15, 0.2) is 46.4 Å². The van der Waals surface area contributed by atoms with E-state index in [1.54, 1.807) is 18.2 Å². The zero-order chi connectivity index (χ0) is 19.6. The van der Waals surface area contributed by atoms with Crippen LogP contribution < -0.4 is 15.4 Å². The van der Waals surface area contributed by atoms with Gasteiger partial charge >= 0.3 is 0 Å². The molecule has 0 bridgehead atoms. The monoisotopic (exact) mass is 484 g/mol. The van der Waals surface area contributed by atoms with E-state index in [2.05, 4.69) is 26.6 Å². The quantitative estimate of drug-likeness (QED) is 0.386. The van der Waals surface area contributed by atoms with Crippen LogP contribution in [0.2, 0.25) is 10.0 Å². The Labute approximate surface area is 178 Å². The predicted octanol–water partition coefficient (Wildman–Crippen LogP) is 4.25. The van der Waals surface area contributed by atoms with Crippen molar-refractivity contribution in [1.29, 1.82) is 0 Å². The first-order valence-corrected chi connectivity index (χ1v) is 9.54. The fourth-order valence-electron chi connectivity index (χ4n) is 2.34. The van der Waals surface area contributed by atoms with Gasteiger partial charge in [0.1, 0.15) is 12.2 Å². The third-order valence-corrected chi connectivity index (χ3v) is 5.05. The van der Waals surface area contributed by atoms with Crippen molar-refractivity contribution >= 4 is 74.4 Å². The number of ether oxygens (including phenoxy) is 1. The van der Waals surface area contributed by atoms with Crippen LogP contribution in [0.1, 0.15) is 11.1 Å². The molecule has 0 atom stereocenters. The van der Waals surface area contributed by atoms with Gasteiger partial charge in [0, 0.05) is 10.6 Å². The second-order valence-electron chi connectivity index (χ2n) is 5.49. The summed E-state index contributed by atoms with van der Waals surface area (Å²) in [6.45, 7) is 0.237. The van der Waals surface area contributed by atoms with Crippen LogP contribution in [-0.2, 0) is 16.2 Å². The molecule has 1 fully saturated rings. The predicted molar refractivity (Wildman–Crippen MR) is 112 cm³/mol. The molecular weight excluding hydrogens is 475 g/mol. The smallest absolute Gasteiger partial charge is 0.263 e. The van der Waals surface area contributed by atoms with Crippen LogP contribution >= 0.6 is 51.3 Å². The van der Waals surface area contributed by atoms with Gasteiger partial charge in [-0.3, -0.25) is 20.2 Å². The number of amides is 2. The lowest BCUT2D eigenvalue weighted by Crippen LogP contribution is -2.51. The Balaban J connectivity index is 1.84. The number of halogens is 3. The van der Waals surface area contributed by atoms with Crippen LogP contribution in [0, 0.1) is 0 Å². The third-order valence-electron chi connectivity index (χ3n) is 3.60. The van der Waals surface area contributed by atoms with Gasteiger partial charge in [-0.1, -0.05) is 41.4 Å². The first-order valence-electron chi connectivity index (χ1n) is 7.59. The molecule has 1 aliphatic heterocycles. The molecule has 0 spiro atoms. The normalized spacial score (nSPS) is 13.9. The molecule has 9 heteroatoms. The summed E-state index contributed by atoms with van der Waals surface area (Å²) in [6, 6.07) is 10.6. The molecule has 0 aliphatic carbocycles. The zero-order valence-electron chi connectivity index (χ0n) is 13.5. The van der Waals surface area contributed by atoms with Crippen molar-refractivity contribution in [3.63, 3.8) is 0 Å². The molecule has 2 aromatic carbocycles. The summed E-state index contributed by atoms with van der Waals surface area (Å²) in [5.74, 6) is -0.720. The molecule has 0 aromatic heterocycles. The van der Waals surface area contributed by atoms with Crippen molar-refractivity contribution in [1.82, 2.24) is 10.6 Å². The van der Waals surface area contributed by atoms with Crippen LogP contribution in [0.4, 0.5) is 0 Å². The summed E-state index contributed by atoms with van der Waals surface area (Å²) in [7, 11) is 0. The van der Waals surface area contributed by atoms with Gasteiger partial charge in [0.2, 0.25) is 0 Å². The lowest BCUT2D eigenvalue weighted by atomic mass is 10.1. The Morgan fingerprint density at radius 1 is 1.07 bits per heavy atom. The van der Waals surface area contributed by atoms with Crippen LogP contribution in [-0.4, -0.2) is 16.9 Å². The number of carbonyl (C=O) groups is 2. The average molecular weight is 486 g/mol. The Morgan fingerprint density at radius 3 is 2.37 bits per heavy atom. The molecule has 2 aromatic rings. The van der Waals surface area contributed by atoms with E-state index in [9.17, 15) is 9.59 Å². The van der Waals surface area contributed by atoms with Crippen molar-refractivity contribution in [2.24, 2.45) is 0 Å². The van der Waals surface area contributed by atoms with Crippen molar-refractivity contribution in [2.75, 3.05) is 0 Å². The van der Waals surface area contributed by atoms with Gasteiger partial charge in [-0.15, -0.1) is 0 Å². The molecule has 2 amide bonds. The minimum atomic E-state index is -0.574. The second kappa shape index (κ2) is 8.39. The Morgan fingerprint density at radius 2 is 1.74 bits per heavy atom. The highest BCUT2D eigenvalue weighted by molar-refractivity contribution is 9.10. The summed E-state index contributed by atoms with van der Waals surface area (Å²) in [5.41, 5.74) is 1.29. The van der Waals surface area contributed by atoms with Crippen LogP contribution in [0.5, 0.6) is 5.75 Å². The zero-order valence-corrected chi connectivity index (χ0v) is 17.4.